The molecule has 0 amide bonds. The van der Waals surface area contributed by atoms with E-state index in [2.05, 4.69) is 25.4 Å². The molecule has 4 rings (SSSR count). The number of carbonyl (C=O) groups is 5. The number of carboxylic acids is 5. The van der Waals surface area contributed by atoms with Gasteiger partial charge in [-0.25, -0.2) is 9.36 Å². The number of alkyl halides is 2. The molecule has 0 unspecified atom stereocenters. The normalized spacial score (nSPS) is 9.30. The quantitative estimate of drug-likeness (QED) is 0.114. The molecule has 0 atom stereocenters. The van der Waals surface area contributed by atoms with E-state index >= 15 is 0 Å². The Morgan fingerprint density at radius 3 is 0.893 bits per heavy atom. The Balaban J connectivity index is -0.0000000684. The molecule has 4 aromatic rings. The molecule has 0 saturated carbocycles. The third-order valence-corrected chi connectivity index (χ3v) is 2.68. The Morgan fingerprint density at radius 2 is 0.786 bits per heavy atom. The molecule has 0 aliphatic heterocycles. The summed E-state index contributed by atoms with van der Waals surface area (Å²) in [6.45, 7) is 4.86. The van der Waals surface area contributed by atoms with E-state index in [9.17, 15) is 25.2 Å². The molecule has 0 saturated heterocycles. The number of hydrogen-bond acceptors (Lipinski definition) is 15. The van der Waals surface area contributed by atoms with E-state index in [1.54, 1.807) is 34.2 Å². The number of rotatable bonds is 2. The van der Waals surface area contributed by atoms with Gasteiger partial charge in [-0.1, -0.05) is 6.07 Å². The van der Waals surface area contributed by atoms with Gasteiger partial charge in [0, 0.05) is 67.0 Å². The molecule has 30 heteroatoms. The van der Waals surface area contributed by atoms with Crippen LogP contribution in [0.15, 0.2) is 79.6 Å². The number of nitrogens with zero attached hydrogens (tertiary/aromatic N) is 7. The topological polar surface area (TPSA) is 303 Å². The molecule has 18 nitrogen and oxygen atoms in total. The van der Waals surface area contributed by atoms with Crippen molar-refractivity contribution < 1.29 is 139 Å². The molecule has 0 aliphatic rings. The molecule has 2 radical (unpaired) electrons. The van der Waals surface area contributed by atoms with E-state index in [0.717, 1.165) is 34.6 Å². The Labute approximate surface area is 363 Å². The number of carbonyl (C=O) groups excluding carboxylic acids is 5. The van der Waals surface area contributed by atoms with Gasteiger partial charge in [0.2, 0.25) is 0 Å². The molecule has 320 valence electrons. The summed E-state index contributed by atoms with van der Waals surface area (Å²) in [5, 5.41) is 60.9. The zero-order chi connectivity index (χ0) is 42.0. The average Bonchev–Trinajstić information content (AvgIpc) is 3.67. The summed E-state index contributed by atoms with van der Waals surface area (Å²) in [6, 6.07) is 13.1. The summed E-state index contributed by atoms with van der Waals surface area (Å²) in [5.74, 6) is -4.05. The van der Waals surface area contributed by atoms with Gasteiger partial charge in [-0.3, -0.25) is 4.98 Å². The summed E-state index contributed by atoms with van der Waals surface area (Å²) in [4.78, 5) is 48.2. The third-order valence-electron chi connectivity index (χ3n) is 2.68. The average molecular weight is 1140 g/mol. The van der Waals surface area contributed by atoms with Crippen LogP contribution in [-0.4, -0.2) is 69.9 Å². The van der Waals surface area contributed by atoms with Crippen LogP contribution in [0.3, 0.4) is 0 Å². The number of aliphatic carboxylic acids is 5. The van der Waals surface area contributed by atoms with Crippen LogP contribution in [0.25, 0.3) is 11.6 Å². The first kappa shape index (κ1) is 73.5. The van der Waals surface area contributed by atoms with Gasteiger partial charge in [-0.2, -0.15) is 10.2 Å². The van der Waals surface area contributed by atoms with Crippen molar-refractivity contribution in [3.05, 3.63) is 79.6 Å². The summed E-state index contributed by atoms with van der Waals surface area (Å²) < 4.78 is 62.5. The van der Waals surface area contributed by atoms with Crippen LogP contribution >= 0.6 is 31.0 Å². The van der Waals surface area contributed by atoms with Gasteiger partial charge in [0.1, 0.15) is 0 Å². The molecule has 4 aromatic heterocycles. The molecule has 0 aromatic carbocycles. The zero-order valence-corrected chi connectivity index (χ0v) is 36.5. The number of halogens is 8. The van der Waals surface area contributed by atoms with Gasteiger partial charge in [-0.05, 0) is 71.0 Å². The summed E-state index contributed by atoms with van der Waals surface area (Å²) >= 11 is 9.53. The predicted molar refractivity (Wildman–Crippen MR) is 165 cm³/mol. The smallest absolute Gasteiger partial charge is 2.00 e. The van der Waals surface area contributed by atoms with Gasteiger partial charge >= 0.3 is 91.4 Å². The van der Waals surface area contributed by atoms with Gasteiger partial charge in [0.15, 0.2) is 11.6 Å². The standard InChI is InChI=1S/C10H8N6.C5H5N.5C2H4O2.CH2Cl2.F6P.O.3Ru/c1-5-11-15(7-1)9-3-4-10(14-13-9)16-8-2-6-12-16;1-2-4-6-5-3-1;5*1-2(3)4;2-1-3;1-7(2,3,4,5)6;;;;/h1-8H;1-5H;5*1H3,(H,3,4);1H2;;;;;/q;;;;;;;;-1;-2;+2;2*+3/p-5. The monoisotopic (exact) mass is 1140 g/mol. The molecular formula is C26H30Cl2F6N7O11PRu3. The summed E-state index contributed by atoms with van der Waals surface area (Å²) in [7, 11) is -10.7. The van der Waals surface area contributed by atoms with Crippen molar-refractivity contribution in [2.24, 2.45) is 0 Å². The Kier molecular flexibility index (Phi) is 52.0. The van der Waals surface area contributed by atoms with E-state index in [1.807, 2.05) is 54.9 Å². The Bertz CT molecular complexity index is 1350. The number of pyridine rings is 1. The second-order valence-electron chi connectivity index (χ2n) is 7.69. The molecule has 0 bridgehead atoms. The largest absolute Gasteiger partial charge is 3.00 e. The van der Waals surface area contributed by atoms with Crippen molar-refractivity contribution in [1.29, 1.82) is 0 Å². The maximum Gasteiger partial charge on any atom is 3.00 e. The molecule has 0 spiro atoms. The first-order valence-corrected chi connectivity index (χ1v) is 15.8. The fourth-order valence-electron chi connectivity index (χ4n) is 1.68. The summed E-state index contributed by atoms with van der Waals surface area (Å²) in [5.41, 5.74) is 0. The van der Waals surface area contributed by atoms with Gasteiger partial charge in [0.25, 0.3) is 0 Å². The molecule has 4 heterocycles. The molecule has 0 fully saturated rings. The number of hydrogen-bond donors (Lipinski definition) is 0. The van der Waals surface area contributed by atoms with Crippen LogP contribution in [0, 0.1) is 0 Å². The van der Waals surface area contributed by atoms with Crippen molar-refractivity contribution in [3.63, 3.8) is 0 Å². The van der Waals surface area contributed by atoms with Crippen LogP contribution in [-0.2, 0) is 87.9 Å². The second kappa shape index (κ2) is 39.6. The third kappa shape index (κ3) is 104. The van der Waals surface area contributed by atoms with Crippen LogP contribution in [0.1, 0.15) is 34.6 Å². The fourth-order valence-corrected chi connectivity index (χ4v) is 1.68. The summed E-state index contributed by atoms with van der Waals surface area (Å²) in [6.07, 6.45) is 10.5. The number of aromatic nitrogens is 7. The maximum absolute atomic E-state index is 10.7. The van der Waals surface area contributed by atoms with Gasteiger partial charge in [-0.15, -0.1) is 33.4 Å². The van der Waals surface area contributed by atoms with Crippen molar-refractivity contribution in [3.8, 4) is 11.6 Å². The maximum atomic E-state index is 9.87. The van der Waals surface area contributed by atoms with Crippen LogP contribution in [0.4, 0.5) is 25.2 Å². The molecule has 0 aliphatic carbocycles. The predicted octanol–water partition coefficient (Wildman–Crippen LogP) is 0.388. The zero-order valence-electron chi connectivity index (χ0n) is 28.9. The van der Waals surface area contributed by atoms with E-state index in [4.69, 9.17) is 72.7 Å². The van der Waals surface area contributed by atoms with Crippen LogP contribution < -0.4 is 25.5 Å². The molecule has 0 N–H and O–H groups in total. The first-order valence-electron chi connectivity index (χ1n) is 12.7. The second-order valence-corrected chi connectivity index (χ2v) is 10.4. The Hall–Kier alpha value is -3.58. The van der Waals surface area contributed by atoms with E-state index in [-0.39, 0.29) is 69.2 Å². The van der Waals surface area contributed by atoms with Crippen molar-refractivity contribution in [2.45, 2.75) is 34.6 Å². The van der Waals surface area contributed by atoms with Crippen LogP contribution in [0.2, 0.25) is 0 Å². The van der Waals surface area contributed by atoms with E-state index in [0.29, 0.717) is 11.6 Å². The van der Waals surface area contributed by atoms with Crippen molar-refractivity contribution >= 4 is 60.9 Å². The Morgan fingerprint density at radius 1 is 0.571 bits per heavy atom. The van der Waals surface area contributed by atoms with Gasteiger partial charge in [0.05, 0.1) is 5.34 Å². The molecule has 56 heavy (non-hydrogen) atoms. The first-order chi connectivity index (χ1) is 23.5. The van der Waals surface area contributed by atoms with Gasteiger partial charge < -0.3 is 55.0 Å². The molecular weight excluding hydrogens is 1110 g/mol. The fraction of sp³-hybridized carbons (Fsp3) is 0.231. The SMILES string of the molecule is CC(=O)[O-].CC(=O)[O-].CC(=O)[O-].CC(=O)[O-].CC(=O)[O-].ClCCl.F[P-](F)(F)(F)(F)F.[O-2].[Ru+2].[Ru+3].[Ru+3].c1ccncc1.c1cnn(-c2ccc(-n3cccn3)nn2)c1. The minimum absolute atomic E-state index is 0. The van der Waals surface area contributed by atoms with Crippen molar-refractivity contribution in [2.75, 3.05) is 5.34 Å². The minimum Gasteiger partial charge on any atom is -2.00 e. The number of carboxylic acid groups (broad SMARTS) is 5. The van der Waals surface area contributed by atoms with Crippen molar-refractivity contribution in [1.82, 2.24) is 34.7 Å². The van der Waals surface area contributed by atoms with E-state index < -0.39 is 37.7 Å². The van der Waals surface area contributed by atoms with E-state index in [1.165, 1.54) is 0 Å². The van der Waals surface area contributed by atoms with Crippen LogP contribution in [0.5, 0.6) is 0 Å². The minimum atomic E-state index is -10.7.